The third-order valence-electron chi connectivity index (χ3n) is 6.49. The highest BCUT2D eigenvalue weighted by Gasteiger charge is 2.23. The van der Waals surface area contributed by atoms with Crippen molar-refractivity contribution >= 4 is 23.6 Å². The van der Waals surface area contributed by atoms with E-state index in [1.807, 2.05) is 31.2 Å². The molecule has 4 rings (SSSR count). The summed E-state index contributed by atoms with van der Waals surface area (Å²) in [7, 11) is 0. The number of amides is 3. The van der Waals surface area contributed by atoms with Gasteiger partial charge < -0.3 is 30.5 Å². The maximum absolute atomic E-state index is 12.4. The molecule has 10 nitrogen and oxygen atoms in total. The molecule has 1 aliphatic rings. The number of aromatic nitrogens is 1. The van der Waals surface area contributed by atoms with Crippen LogP contribution in [0.15, 0.2) is 66.9 Å². The van der Waals surface area contributed by atoms with Crippen LogP contribution in [0, 0.1) is 0 Å². The predicted molar refractivity (Wildman–Crippen MR) is 150 cm³/mol. The monoisotopic (exact) mass is 546 g/mol. The third-order valence-corrected chi connectivity index (χ3v) is 6.49. The number of pyridine rings is 1. The molecule has 4 N–H and O–H groups in total. The molecule has 3 amide bonds. The van der Waals surface area contributed by atoms with Crippen molar-refractivity contribution in [2.45, 2.75) is 57.6 Å². The zero-order valence-electron chi connectivity index (χ0n) is 22.4. The van der Waals surface area contributed by atoms with Crippen molar-refractivity contribution < 1.29 is 29.0 Å². The Hall–Kier alpha value is -4.60. The highest BCUT2D eigenvalue weighted by Crippen LogP contribution is 2.27. The molecule has 0 bridgehead atoms. The van der Waals surface area contributed by atoms with Crippen LogP contribution in [0.3, 0.4) is 0 Å². The largest absolute Gasteiger partial charge is 0.490 e. The van der Waals surface area contributed by atoms with Crippen molar-refractivity contribution in [3.05, 3.63) is 78.0 Å². The number of aromatic carboxylic acids is 1. The van der Waals surface area contributed by atoms with Crippen LogP contribution in [0.1, 0.15) is 54.9 Å². The Kier molecular flexibility index (Phi) is 9.93. The number of nitrogens with zero attached hydrogens (tertiary/aromatic N) is 1. The maximum atomic E-state index is 12.4. The Labute approximate surface area is 233 Å². The van der Waals surface area contributed by atoms with E-state index in [0.717, 1.165) is 37.9 Å². The van der Waals surface area contributed by atoms with Crippen LogP contribution in [0.2, 0.25) is 0 Å². The van der Waals surface area contributed by atoms with Gasteiger partial charge in [-0.1, -0.05) is 25.1 Å². The number of anilines is 1. The van der Waals surface area contributed by atoms with Crippen LogP contribution >= 0.6 is 0 Å². The van der Waals surface area contributed by atoms with Gasteiger partial charge in [0.05, 0.1) is 23.8 Å². The van der Waals surface area contributed by atoms with Gasteiger partial charge in [-0.25, -0.2) is 14.6 Å². The molecule has 0 radical (unpaired) electrons. The molecule has 10 heteroatoms. The SMILES string of the molecule is CCCNC(=O)NC1CCC(Oc2ccc(Oc3ccc(CC(=O)Nc4ccccc4C(=O)O)cn3)cc2)CC1. The average Bonchev–Trinajstić information content (AvgIpc) is 2.95. The van der Waals surface area contributed by atoms with Gasteiger partial charge in [-0.3, -0.25) is 4.79 Å². The van der Waals surface area contributed by atoms with E-state index in [-0.39, 0.29) is 41.8 Å². The number of ether oxygens (including phenoxy) is 2. The fraction of sp³-hybridized carbons (Fsp3) is 0.333. The molecule has 3 aromatic rings. The highest BCUT2D eigenvalue weighted by atomic mass is 16.5. The van der Waals surface area contributed by atoms with Crippen LogP contribution in [0.4, 0.5) is 10.5 Å². The van der Waals surface area contributed by atoms with Crippen LogP contribution in [-0.2, 0) is 11.2 Å². The molecule has 2 aromatic carbocycles. The van der Waals surface area contributed by atoms with Crippen molar-refractivity contribution in [2.24, 2.45) is 0 Å². The van der Waals surface area contributed by atoms with Crippen molar-refractivity contribution in [1.29, 1.82) is 0 Å². The van der Waals surface area contributed by atoms with Gasteiger partial charge >= 0.3 is 12.0 Å². The zero-order valence-corrected chi connectivity index (χ0v) is 22.4. The third kappa shape index (κ3) is 8.45. The summed E-state index contributed by atoms with van der Waals surface area (Å²) >= 11 is 0. The van der Waals surface area contributed by atoms with Crippen LogP contribution in [0.5, 0.6) is 17.4 Å². The average molecular weight is 547 g/mol. The van der Waals surface area contributed by atoms with Crippen molar-refractivity contribution in [3.63, 3.8) is 0 Å². The molecular formula is C30H34N4O6. The molecule has 1 aliphatic carbocycles. The number of urea groups is 1. The molecule has 1 heterocycles. The van der Waals surface area contributed by atoms with Gasteiger partial charge in [0.2, 0.25) is 11.8 Å². The Morgan fingerprint density at radius 1 is 0.950 bits per heavy atom. The van der Waals surface area contributed by atoms with Gasteiger partial charge in [0.25, 0.3) is 0 Å². The number of hydrogen-bond acceptors (Lipinski definition) is 6. The summed E-state index contributed by atoms with van der Waals surface area (Å²) in [6, 6.07) is 17.1. The molecule has 1 fully saturated rings. The van der Waals surface area contributed by atoms with E-state index in [0.29, 0.717) is 23.7 Å². The van der Waals surface area contributed by atoms with Crippen molar-refractivity contribution in [1.82, 2.24) is 15.6 Å². The standard InChI is InChI=1S/C30H34N4O6/c1-2-17-31-30(38)33-21-8-10-22(11-9-21)39-23-12-14-24(15-13-23)40-28-16-7-20(19-32-28)18-27(35)34-26-6-4-3-5-25(26)29(36)37/h3-7,12-16,19,21-22H,2,8-11,17-18H2,1H3,(H,34,35)(H,36,37)(H2,31,33,38). The number of carboxylic acid groups (broad SMARTS) is 1. The Morgan fingerprint density at radius 3 is 2.35 bits per heavy atom. The molecule has 1 saturated carbocycles. The lowest BCUT2D eigenvalue weighted by Crippen LogP contribution is -2.44. The fourth-order valence-electron chi connectivity index (χ4n) is 4.43. The van der Waals surface area contributed by atoms with E-state index in [2.05, 4.69) is 20.9 Å². The van der Waals surface area contributed by atoms with Gasteiger partial charge in [-0.2, -0.15) is 0 Å². The minimum atomic E-state index is -1.11. The fourth-order valence-corrected chi connectivity index (χ4v) is 4.43. The minimum absolute atomic E-state index is 0.0300. The summed E-state index contributed by atoms with van der Waals surface area (Å²) in [5, 5.41) is 17.8. The molecule has 0 spiro atoms. The van der Waals surface area contributed by atoms with E-state index in [1.165, 1.54) is 6.07 Å². The number of carbonyl (C=O) groups is 3. The van der Waals surface area contributed by atoms with Crippen LogP contribution in [-0.4, -0.2) is 46.7 Å². The van der Waals surface area contributed by atoms with Gasteiger partial charge in [-0.15, -0.1) is 0 Å². The number of nitrogens with one attached hydrogen (secondary N) is 3. The molecule has 0 aliphatic heterocycles. The van der Waals surface area contributed by atoms with Gasteiger partial charge in [0, 0.05) is 24.8 Å². The number of para-hydroxylation sites is 1. The quantitative estimate of drug-likeness (QED) is 0.261. The maximum Gasteiger partial charge on any atom is 0.337 e. The van der Waals surface area contributed by atoms with Crippen molar-refractivity contribution in [2.75, 3.05) is 11.9 Å². The Bertz CT molecular complexity index is 1290. The van der Waals surface area contributed by atoms with E-state index in [4.69, 9.17) is 9.47 Å². The second-order valence-corrected chi connectivity index (χ2v) is 9.65. The normalized spacial score (nSPS) is 16.4. The molecule has 40 heavy (non-hydrogen) atoms. The lowest BCUT2D eigenvalue weighted by Gasteiger charge is -2.29. The molecule has 0 atom stereocenters. The number of benzene rings is 2. The topological polar surface area (TPSA) is 139 Å². The zero-order chi connectivity index (χ0) is 28.3. The molecule has 0 saturated heterocycles. The van der Waals surface area contributed by atoms with E-state index >= 15 is 0 Å². The predicted octanol–water partition coefficient (Wildman–Crippen LogP) is 5.15. The lowest BCUT2D eigenvalue weighted by atomic mass is 9.93. The minimum Gasteiger partial charge on any atom is -0.490 e. The van der Waals surface area contributed by atoms with Crippen LogP contribution in [0.25, 0.3) is 0 Å². The molecular weight excluding hydrogens is 512 g/mol. The van der Waals surface area contributed by atoms with E-state index < -0.39 is 5.97 Å². The smallest absolute Gasteiger partial charge is 0.337 e. The van der Waals surface area contributed by atoms with Gasteiger partial charge in [0.15, 0.2) is 0 Å². The first-order valence-electron chi connectivity index (χ1n) is 13.5. The van der Waals surface area contributed by atoms with E-state index in [9.17, 15) is 19.5 Å². The van der Waals surface area contributed by atoms with Crippen molar-refractivity contribution in [3.8, 4) is 17.4 Å². The summed E-state index contributed by atoms with van der Waals surface area (Å²) in [6.07, 6.45) is 6.11. The number of carbonyl (C=O) groups excluding carboxylic acids is 2. The van der Waals surface area contributed by atoms with E-state index in [1.54, 1.807) is 36.5 Å². The number of hydrogen-bond donors (Lipinski definition) is 4. The van der Waals surface area contributed by atoms with Crippen LogP contribution < -0.4 is 25.4 Å². The summed E-state index contributed by atoms with van der Waals surface area (Å²) in [5.74, 6) is 0.276. The molecule has 210 valence electrons. The Balaban J connectivity index is 1.21. The first kappa shape index (κ1) is 28.4. The van der Waals surface area contributed by atoms with Gasteiger partial charge in [0.1, 0.15) is 11.5 Å². The van der Waals surface area contributed by atoms with Gasteiger partial charge in [-0.05, 0) is 74.1 Å². The number of rotatable bonds is 11. The second kappa shape index (κ2) is 14.0. The second-order valence-electron chi connectivity index (χ2n) is 9.65. The first-order valence-corrected chi connectivity index (χ1v) is 13.5. The summed E-state index contributed by atoms with van der Waals surface area (Å²) < 4.78 is 11.9. The molecule has 0 unspecified atom stereocenters. The highest BCUT2D eigenvalue weighted by molar-refractivity contribution is 6.00. The lowest BCUT2D eigenvalue weighted by molar-refractivity contribution is -0.115. The first-order chi connectivity index (χ1) is 19.4. The summed E-state index contributed by atoms with van der Waals surface area (Å²) in [4.78, 5) is 39.9. The Morgan fingerprint density at radius 2 is 1.68 bits per heavy atom. The molecule has 1 aromatic heterocycles. The summed E-state index contributed by atoms with van der Waals surface area (Å²) in [5.41, 5.74) is 0.937. The summed E-state index contributed by atoms with van der Waals surface area (Å²) in [6.45, 7) is 2.70. The number of carboxylic acids is 1.